The normalized spacial score (nSPS) is 19.9. The summed E-state index contributed by atoms with van der Waals surface area (Å²) in [7, 11) is 0. The highest BCUT2D eigenvalue weighted by Crippen LogP contribution is 2.28. The van der Waals surface area contributed by atoms with Crippen molar-refractivity contribution in [2.75, 3.05) is 0 Å². The number of aryl methyl sites for hydroxylation is 1. The Labute approximate surface area is 86.1 Å². The Morgan fingerprint density at radius 3 is 3.36 bits per heavy atom. The molecule has 0 N–H and O–H groups in total. The maximum absolute atomic E-state index is 5.91. The zero-order chi connectivity index (χ0) is 9.80. The molecule has 0 saturated heterocycles. The molecule has 75 valence electrons. The summed E-state index contributed by atoms with van der Waals surface area (Å²) < 4.78 is 5.91. The summed E-state index contributed by atoms with van der Waals surface area (Å²) in [6.45, 7) is 2.23. The van der Waals surface area contributed by atoms with E-state index in [9.17, 15) is 0 Å². The lowest BCUT2D eigenvalue weighted by Gasteiger charge is -2.25. The molecule has 1 aliphatic rings. The molecule has 0 aromatic heterocycles. The first-order valence-corrected chi connectivity index (χ1v) is 5.56. The fourth-order valence-corrected chi connectivity index (χ4v) is 1.95. The highest BCUT2D eigenvalue weighted by atomic mass is 16.5. The van der Waals surface area contributed by atoms with Crippen LogP contribution in [-0.2, 0) is 6.42 Å². The van der Waals surface area contributed by atoms with Crippen LogP contribution in [0, 0.1) is 6.07 Å². The average Bonchev–Trinajstić information content (AvgIpc) is 2.26. The first kappa shape index (κ1) is 9.57. The van der Waals surface area contributed by atoms with Crippen molar-refractivity contribution in [2.24, 2.45) is 0 Å². The molecule has 1 atom stereocenters. The largest absolute Gasteiger partial charge is 0.490 e. The lowest BCUT2D eigenvalue weighted by Crippen LogP contribution is -2.22. The second-order valence-corrected chi connectivity index (χ2v) is 3.95. The molecule has 1 aromatic carbocycles. The van der Waals surface area contributed by atoms with Crippen LogP contribution in [0.5, 0.6) is 5.75 Å². The second-order valence-electron chi connectivity index (χ2n) is 3.95. The molecule has 14 heavy (non-hydrogen) atoms. The van der Waals surface area contributed by atoms with Gasteiger partial charge in [-0.15, -0.1) is 0 Å². The summed E-state index contributed by atoms with van der Waals surface area (Å²) in [5, 5.41) is 0. The SMILES string of the molecule is CCCCC1CCc2c[c]ccc2O1. The van der Waals surface area contributed by atoms with E-state index >= 15 is 0 Å². The van der Waals surface area contributed by atoms with E-state index in [2.05, 4.69) is 13.0 Å². The molecule has 1 radical (unpaired) electrons. The second kappa shape index (κ2) is 4.50. The Bertz CT molecular complexity index is 293. The molecule has 2 rings (SSSR count). The van der Waals surface area contributed by atoms with Gasteiger partial charge in [-0.05, 0) is 43.0 Å². The predicted molar refractivity (Wildman–Crippen MR) is 57.5 cm³/mol. The molecule has 1 heterocycles. The molecule has 0 aliphatic carbocycles. The van der Waals surface area contributed by atoms with E-state index in [1.54, 1.807) is 0 Å². The maximum atomic E-state index is 5.91. The number of rotatable bonds is 3. The monoisotopic (exact) mass is 189 g/mol. The van der Waals surface area contributed by atoms with Crippen LogP contribution >= 0.6 is 0 Å². The van der Waals surface area contributed by atoms with Crippen molar-refractivity contribution in [2.45, 2.75) is 45.1 Å². The zero-order valence-corrected chi connectivity index (χ0v) is 8.75. The van der Waals surface area contributed by atoms with Crippen molar-refractivity contribution < 1.29 is 4.74 Å². The van der Waals surface area contributed by atoms with Gasteiger partial charge in [-0.25, -0.2) is 0 Å². The Balaban J connectivity index is 1.99. The van der Waals surface area contributed by atoms with Gasteiger partial charge in [0.1, 0.15) is 5.75 Å². The standard InChI is InChI=1S/C13H17O/c1-2-3-7-12-10-9-11-6-4-5-8-13(11)14-12/h5-6,8,12H,2-3,7,9-10H2,1H3. The van der Waals surface area contributed by atoms with Gasteiger partial charge >= 0.3 is 0 Å². The predicted octanol–water partition coefficient (Wildman–Crippen LogP) is 3.37. The van der Waals surface area contributed by atoms with E-state index in [0.717, 1.165) is 12.2 Å². The summed E-state index contributed by atoms with van der Waals surface area (Å²) in [5.74, 6) is 1.08. The number of hydrogen-bond acceptors (Lipinski definition) is 1. The molecule has 0 bridgehead atoms. The highest BCUT2D eigenvalue weighted by Gasteiger charge is 2.18. The fourth-order valence-electron chi connectivity index (χ4n) is 1.95. The van der Waals surface area contributed by atoms with Crippen molar-refractivity contribution in [1.82, 2.24) is 0 Å². The van der Waals surface area contributed by atoms with Crippen molar-refractivity contribution in [3.05, 3.63) is 29.8 Å². The van der Waals surface area contributed by atoms with E-state index in [0.29, 0.717) is 6.10 Å². The van der Waals surface area contributed by atoms with Gasteiger partial charge in [0.25, 0.3) is 0 Å². The average molecular weight is 189 g/mol. The minimum Gasteiger partial charge on any atom is -0.490 e. The van der Waals surface area contributed by atoms with Crippen molar-refractivity contribution in [3.8, 4) is 5.75 Å². The fraction of sp³-hybridized carbons (Fsp3) is 0.538. The van der Waals surface area contributed by atoms with Crippen LogP contribution < -0.4 is 4.74 Å². The van der Waals surface area contributed by atoms with E-state index in [4.69, 9.17) is 4.74 Å². The van der Waals surface area contributed by atoms with Crippen LogP contribution in [0.25, 0.3) is 0 Å². The molecule has 1 nitrogen and oxygen atoms in total. The third kappa shape index (κ3) is 2.09. The summed E-state index contributed by atoms with van der Waals surface area (Å²) in [5.41, 5.74) is 1.32. The summed E-state index contributed by atoms with van der Waals surface area (Å²) >= 11 is 0. The maximum Gasteiger partial charge on any atom is 0.122 e. The van der Waals surface area contributed by atoms with Crippen molar-refractivity contribution >= 4 is 0 Å². The number of unbranched alkanes of at least 4 members (excludes halogenated alkanes) is 1. The quantitative estimate of drug-likeness (QED) is 0.708. The van der Waals surface area contributed by atoms with E-state index in [1.165, 1.54) is 31.2 Å². The Morgan fingerprint density at radius 1 is 1.57 bits per heavy atom. The van der Waals surface area contributed by atoms with Crippen molar-refractivity contribution in [1.29, 1.82) is 0 Å². The third-order valence-electron chi connectivity index (χ3n) is 2.81. The lowest BCUT2D eigenvalue weighted by atomic mass is 9.99. The Morgan fingerprint density at radius 2 is 2.50 bits per heavy atom. The topological polar surface area (TPSA) is 9.23 Å². The highest BCUT2D eigenvalue weighted by molar-refractivity contribution is 5.34. The van der Waals surface area contributed by atoms with Crippen LogP contribution in [0.4, 0.5) is 0 Å². The first-order chi connectivity index (χ1) is 6.90. The third-order valence-corrected chi connectivity index (χ3v) is 2.81. The van der Waals surface area contributed by atoms with Gasteiger partial charge in [0.2, 0.25) is 0 Å². The van der Waals surface area contributed by atoms with Gasteiger partial charge in [0, 0.05) is 0 Å². The molecule has 1 aliphatic heterocycles. The summed E-state index contributed by atoms with van der Waals surface area (Å²) in [4.78, 5) is 0. The molecule has 0 spiro atoms. The Hall–Kier alpha value is -0.980. The van der Waals surface area contributed by atoms with Gasteiger partial charge in [0.05, 0.1) is 6.10 Å². The van der Waals surface area contributed by atoms with E-state index in [1.807, 2.05) is 18.2 Å². The van der Waals surface area contributed by atoms with Gasteiger partial charge in [-0.3, -0.25) is 0 Å². The van der Waals surface area contributed by atoms with E-state index < -0.39 is 0 Å². The molecule has 1 aromatic rings. The molecular formula is C13H17O. The number of fused-ring (bicyclic) bond motifs is 1. The smallest absolute Gasteiger partial charge is 0.122 e. The molecular weight excluding hydrogens is 172 g/mol. The van der Waals surface area contributed by atoms with E-state index in [-0.39, 0.29) is 0 Å². The zero-order valence-electron chi connectivity index (χ0n) is 8.75. The molecule has 1 heteroatoms. The molecule has 0 saturated carbocycles. The van der Waals surface area contributed by atoms with Crippen LogP contribution in [0.1, 0.15) is 38.2 Å². The summed E-state index contributed by atoms with van der Waals surface area (Å²) in [6.07, 6.45) is 6.51. The minimum absolute atomic E-state index is 0.449. The van der Waals surface area contributed by atoms with Crippen LogP contribution in [0.15, 0.2) is 18.2 Å². The first-order valence-electron chi connectivity index (χ1n) is 5.56. The minimum atomic E-state index is 0.449. The van der Waals surface area contributed by atoms with Crippen LogP contribution in [0.3, 0.4) is 0 Å². The van der Waals surface area contributed by atoms with Gasteiger partial charge in [0.15, 0.2) is 0 Å². The van der Waals surface area contributed by atoms with Gasteiger partial charge in [-0.2, -0.15) is 0 Å². The van der Waals surface area contributed by atoms with Crippen LogP contribution in [0.2, 0.25) is 0 Å². The lowest BCUT2D eigenvalue weighted by molar-refractivity contribution is 0.161. The number of benzene rings is 1. The van der Waals surface area contributed by atoms with Gasteiger partial charge in [-0.1, -0.05) is 25.8 Å². The van der Waals surface area contributed by atoms with Crippen LogP contribution in [-0.4, -0.2) is 6.10 Å². The number of hydrogen-bond donors (Lipinski definition) is 0. The number of ether oxygens (including phenoxy) is 1. The molecule has 0 fully saturated rings. The van der Waals surface area contributed by atoms with Gasteiger partial charge < -0.3 is 4.74 Å². The van der Waals surface area contributed by atoms with Crippen molar-refractivity contribution in [3.63, 3.8) is 0 Å². The molecule has 0 amide bonds. The summed E-state index contributed by atoms with van der Waals surface area (Å²) in [6, 6.07) is 9.11. The molecule has 1 unspecified atom stereocenters. The Kier molecular flexibility index (Phi) is 3.07.